The molecule has 0 radical (unpaired) electrons. The molecular formula is C23H21ClN4O3S3. The Hall–Kier alpha value is -2.50. The van der Waals surface area contributed by atoms with E-state index in [0.717, 1.165) is 21.9 Å². The molecule has 11 heteroatoms. The maximum Gasteiger partial charge on any atom is 0.253 e. The van der Waals surface area contributed by atoms with Gasteiger partial charge in [-0.1, -0.05) is 11.6 Å². The molecule has 4 aromatic rings. The SMILES string of the molecule is O=C(c1ccc(-n2ccnc2)cc1)N1CC[C@@H](CNS(=O)(=O)c2ccc(-c3ccc(Cl)s3)s2)C1. The molecule has 0 unspecified atom stereocenters. The average molecular weight is 533 g/mol. The quantitative estimate of drug-likeness (QED) is 0.372. The van der Waals surface area contributed by atoms with Crippen molar-refractivity contribution in [1.82, 2.24) is 19.2 Å². The molecule has 0 spiro atoms. The van der Waals surface area contributed by atoms with Crippen LogP contribution in [-0.4, -0.2) is 48.4 Å². The van der Waals surface area contributed by atoms with E-state index in [4.69, 9.17) is 11.6 Å². The van der Waals surface area contributed by atoms with Gasteiger partial charge in [-0.15, -0.1) is 22.7 Å². The molecule has 7 nitrogen and oxygen atoms in total. The number of halogens is 1. The molecule has 3 aromatic heterocycles. The number of hydrogen-bond acceptors (Lipinski definition) is 6. The number of nitrogens with zero attached hydrogens (tertiary/aromatic N) is 3. The van der Waals surface area contributed by atoms with Crippen molar-refractivity contribution in [2.75, 3.05) is 19.6 Å². The molecule has 4 heterocycles. The zero-order valence-electron chi connectivity index (χ0n) is 17.9. The van der Waals surface area contributed by atoms with Gasteiger partial charge in [0.25, 0.3) is 5.91 Å². The largest absolute Gasteiger partial charge is 0.338 e. The first-order valence-corrected chi connectivity index (χ1v) is 14.1. The highest BCUT2D eigenvalue weighted by atomic mass is 35.5. The standard InChI is InChI=1S/C23H21ClN4O3S3/c24-21-7-5-19(32-21)20-6-8-22(33-20)34(30,31)26-13-16-9-11-27(14-16)23(29)17-1-3-18(4-2-17)28-12-10-25-15-28/h1-8,10,12,15-16,26H,9,11,13-14H2/t16-/m0/s1. The van der Waals surface area contributed by atoms with E-state index < -0.39 is 10.0 Å². The zero-order chi connectivity index (χ0) is 23.7. The fourth-order valence-corrected chi connectivity index (χ4v) is 7.50. The molecule has 1 N–H and O–H groups in total. The summed E-state index contributed by atoms with van der Waals surface area (Å²) in [6, 6.07) is 14.5. The first-order chi connectivity index (χ1) is 16.4. The van der Waals surface area contributed by atoms with Crippen molar-refractivity contribution in [3.05, 3.63) is 77.2 Å². The predicted octanol–water partition coefficient (Wildman–Crippen LogP) is 4.76. The van der Waals surface area contributed by atoms with Gasteiger partial charge in [0.05, 0.1) is 10.7 Å². The fraction of sp³-hybridized carbons (Fsp3) is 0.217. The van der Waals surface area contributed by atoms with Gasteiger partial charge in [0.1, 0.15) is 4.21 Å². The van der Waals surface area contributed by atoms with Crippen LogP contribution in [0.25, 0.3) is 15.4 Å². The monoisotopic (exact) mass is 532 g/mol. The van der Waals surface area contributed by atoms with Gasteiger partial charge in [-0.3, -0.25) is 4.79 Å². The second-order valence-corrected chi connectivity index (χ2v) is 12.8. The second-order valence-electron chi connectivity index (χ2n) is 8.00. The van der Waals surface area contributed by atoms with Crippen molar-refractivity contribution >= 4 is 50.2 Å². The number of carbonyl (C=O) groups excluding carboxylic acids is 1. The third-order valence-electron chi connectivity index (χ3n) is 5.71. The van der Waals surface area contributed by atoms with Crippen LogP contribution in [0.1, 0.15) is 16.8 Å². The van der Waals surface area contributed by atoms with Gasteiger partial charge >= 0.3 is 0 Å². The van der Waals surface area contributed by atoms with E-state index >= 15 is 0 Å². The number of aromatic nitrogens is 2. The second kappa shape index (κ2) is 9.63. The zero-order valence-corrected chi connectivity index (χ0v) is 21.1. The number of thiophene rings is 2. The molecule has 34 heavy (non-hydrogen) atoms. The smallest absolute Gasteiger partial charge is 0.253 e. The summed E-state index contributed by atoms with van der Waals surface area (Å²) in [7, 11) is -3.62. The van der Waals surface area contributed by atoms with Crippen molar-refractivity contribution in [2.24, 2.45) is 5.92 Å². The molecule has 1 fully saturated rings. The molecular weight excluding hydrogens is 512 g/mol. The Kier molecular flexibility index (Phi) is 6.59. The number of nitrogens with one attached hydrogen (secondary N) is 1. The number of imidazole rings is 1. The van der Waals surface area contributed by atoms with Crippen LogP contribution in [0.5, 0.6) is 0 Å². The number of carbonyl (C=O) groups is 1. The number of likely N-dealkylation sites (tertiary alicyclic amines) is 1. The third-order valence-corrected chi connectivity index (χ3v) is 10.1. The molecule has 1 amide bonds. The van der Waals surface area contributed by atoms with Gasteiger partial charge in [-0.2, -0.15) is 0 Å². The van der Waals surface area contributed by atoms with Gasteiger partial charge in [0.2, 0.25) is 10.0 Å². The van der Waals surface area contributed by atoms with Crippen molar-refractivity contribution in [3.63, 3.8) is 0 Å². The molecule has 0 saturated carbocycles. The van der Waals surface area contributed by atoms with E-state index in [1.807, 2.05) is 41.1 Å². The summed E-state index contributed by atoms with van der Waals surface area (Å²) in [6.45, 7) is 1.43. The van der Waals surface area contributed by atoms with Crippen molar-refractivity contribution in [1.29, 1.82) is 0 Å². The molecule has 1 aliphatic heterocycles. The molecule has 1 atom stereocenters. The van der Waals surface area contributed by atoms with E-state index in [2.05, 4.69) is 9.71 Å². The van der Waals surface area contributed by atoms with Crippen LogP contribution < -0.4 is 4.72 Å². The van der Waals surface area contributed by atoms with Gasteiger partial charge in [0.15, 0.2) is 0 Å². The predicted molar refractivity (Wildman–Crippen MR) is 135 cm³/mol. The van der Waals surface area contributed by atoms with Crippen LogP contribution >= 0.6 is 34.3 Å². The minimum atomic E-state index is -3.62. The molecule has 176 valence electrons. The highest BCUT2D eigenvalue weighted by Crippen LogP contribution is 2.36. The lowest BCUT2D eigenvalue weighted by molar-refractivity contribution is 0.0787. The van der Waals surface area contributed by atoms with Crippen LogP contribution in [0.4, 0.5) is 0 Å². The van der Waals surface area contributed by atoms with Crippen LogP contribution in [0.3, 0.4) is 0 Å². The molecule has 5 rings (SSSR count). The summed E-state index contributed by atoms with van der Waals surface area (Å²) in [5.74, 6) is 0.0273. The van der Waals surface area contributed by atoms with E-state index in [1.165, 1.54) is 22.7 Å². The Morgan fingerprint density at radius 2 is 1.85 bits per heavy atom. The lowest BCUT2D eigenvalue weighted by atomic mass is 10.1. The van der Waals surface area contributed by atoms with Gasteiger partial charge in [-0.25, -0.2) is 18.1 Å². The van der Waals surface area contributed by atoms with Gasteiger partial charge < -0.3 is 9.47 Å². The van der Waals surface area contributed by atoms with Crippen molar-refractivity contribution in [2.45, 2.75) is 10.6 Å². The minimum absolute atomic E-state index is 0.0416. The van der Waals surface area contributed by atoms with Gasteiger partial charge in [0, 0.05) is 53.0 Å². The first-order valence-electron chi connectivity index (χ1n) is 10.6. The maximum absolute atomic E-state index is 12.9. The summed E-state index contributed by atoms with van der Waals surface area (Å²) < 4.78 is 31.1. The lowest BCUT2D eigenvalue weighted by Gasteiger charge is -2.17. The Labute approximate surface area is 210 Å². The van der Waals surface area contributed by atoms with Crippen molar-refractivity contribution < 1.29 is 13.2 Å². The molecule has 1 aromatic carbocycles. The van der Waals surface area contributed by atoms with Crippen LogP contribution in [0.15, 0.2) is 71.5 Å². The fourth-order valence-electron chi connectivity index (χ4n) is 3.90. The van der Waals surface area contributed by atoms with Gasteiger partial charge in [-0.05, 0) is 60.9 Å². The van der Waals surface area contributed by atoms with E-state index in [1.54, 1.807) is 35.6 Å². The topological polar surface area (TPSA) is 84.3 Å². The molecule has 1 aliphatic rings. The summed E-state index contributed by atoms with van der Waals surface area (Å²) in [5.41, 5.74) is 1.55. The van der Waals surface area contributed by atoms with E-state index in [-0.39, 0.29) is 16.0 Å². The Morgan fingerprint density at radius 1 is 1.09 bits per heavy atom. The first kappa shape index (κ1) is 23.3. The maximum atomic E-state index is 12.9. The summed E-state index contributed by atoms with van der Waals surface area (Å²) in [4.78, 5) is 20.5. The van der Waals surface area contributed by atoms with Crippen LogP contribution in [0, 0.1) is 5.92 Å². The van der Waals surface area contributed by atoms with E-state index in [9.17, 15) is 13.2 Å². The Bertz CT molecular complexity index is 1400. The Balaban J connectivity index is 1.17. The number of benzene rings is 1. The third kappa shape index (κ3) is 4.96. The van der Waals surface area contributed by atoms with Crippen LogP contribution in [-0.2, 0) is 10.0 Å². The van der Waals surface area contributed by atoms with Crippen LogP contribution in [0.2, 0.25) is 4.34 Å². The lowest BCUT2D eigenvalue weighted by Crippen LogP contribution is -2.32. The summed E-state index contributed by atoms with van der Waals surface area (Å²) >= 11 is 8.63. The number of hydrogen-bond donors (Lipinski definition) is 1. The minimum Gasteiger partial charge on any atom is -0.338 e. The summed E-state index contributed by atoms with van der Waals surface area (Å²) in [6.07, 6.45) is 6.01. The van der Waals surface area contributed by atoms with E-state index in [0.29, 0.717) is 29.5 Å². The normalized spacial score (nSPS) is 16.3. The molecule has 1 saturated heterocycles. The highest BCUT2D eigenvalue weighted by Gasteiger charge is 2.28. The van der Waals surface area contributed by atoms with Crippen molar-refractivity contribution in [3.8, 4) is 15.4 Å². The molecule has 0 bridgehead atoms. The number of amides is 1. The average Bonchev–Trinajstić information content (AvgIpc) is 3.64. The number of sulfonamides is 1. The summed E-state index contributed by atoms with van der Waals surface area (Å²) in [5, 5.41) is 0. The Morgan fingerprint density at radius 3 is 2.56 bits per heavy atom. The molecule has 0 aliphatic carbocycles. The number of rotatable bonds is 7. The highest BCUT2D eigenvalue weighted by molar-refractivity contribution is 7.91.